The molecule has 0 unspecified atom stereocenters. The van der Waals surface area contributed by atoms with Gasteiger partial charge in [0.15, 0.2) is 0 Å². The fraction of sp³-hybridized carbons (Fsp3) is 0.190. The van der Waals surface area contributed by atoms with Crippen LogP contribution >= 0.6 is 0 Å². The summed E-state index contributed by atoms with van der Waals surface area (Å²) < 4.78 is 26.3. The Morgan fingerprint density at radius 3 is 2.29 bits per heavy atom. The Morgan fingerprint density at radius 1 is 0.935 bits per heavy atom. The highest BCUT2D eigenvalue weighted by molar-refractivity contribution is 7.89. The van der Waals surface area contributed by atoms with Gasteiger partial charge in [-0.1, -0.05) is 6.07 Å². The van der Waals surface area contributed by atoms with E-state index in [4.69, 9.17) is 0 Å². The number of hydrogen-bond donors (Lipinski definition) is 3. The fourth-order valence-corrected chi connectivity index (χ4v) is 4.07. The zero-order valence-electron chi connectivity index (χ0n) is 16.9. The van der Waals surface area contributed by atoms with Crippen molar-refractivity contribution in [2.75, 3.05) is 29.1 Å². The molecule has 10 heteroatoms. The number of benzene rings is 2. The monoisotopic (exact) mass is 438 g/mol. The lowest BCUT2D eigenvalue weighted by Gasteiger charge is -2.16. The van der Waals surface area contributed by atoms with E-state index in [1.54, 1.807) is 23.1 Å². The summed E-state index contributed by atoms with van der Waals surface area (Å²) in [4.78, 5) is 22.2. The molecule has 3 N–H and O–H groups in total. The van der Waals surface area contributed by atoms with Crippen molar-refractivity contribution in [2.45, 2.75) is 17.7 Å². The van der Waals surface area contributed by atoms with Crippen molar-refractivity contribution >= 4 is 44.6 Å². The number of sulfonamides is 1. The molecular weight excluding hydrogens is 416 g/mol. The highest BCUT2D eigenvalue weighted by Crippen LogP contribution is 2.25. The first-order valence-corrected chi connectivity index (χ1v) is 11.2. The van der Waals surface area contributed by atoms with Gasteiger partial charge >= 0.3 is 0 Å². The zero-order valence-corrected chi connectivity index (χ0v) is 17.7. The number of carbonyl (C=O) groups excluding carboxylic acids is 1. The smallest absolute Gasteiger partial charge is 0.240 e. The van der Waals surface area contributed by atoms with Crippen molar-refractivity contribution in [2.24, 2.45) is 0 Å². The van der Waals surface area contributed by atoms with Crippen LogP contribution < -0.4 is 20.3 Å². The third-order valence-corrected chi connectivity index (χ3v) is 6.29. The molecule has 1 aliphatic heterocycles. The summed E-state index contributed by atoms with van der Waals surface area (Å²) in [7, 11) is -2.17. The third-order valence-electron chi connectivity index (χ3n) is 4.88. The molecule has 9 nitrogen and oxygen atoms in total. The molecule has 2 aromatic carbocycles. The van der Waals surface area contributed by atoms with Crippen molar-refractivity contribution in [1.29, 1.82) is 0 Å². The van der Waals surface area contributed by atoms with E-state index in [9.17, 15) is 13.2 Å². The van der Waals surface area contributed by atoms with Crippen LogP contribution in [0.5, 0.6) is 0 Å². The van der Waals surface area contributed by atoms with Gasteiger partial charge in [0.05, 0.1) is 4.90 Å². The number of aromatic nitrogens is 2. The molecule has 1 aliphatic rings. The van der Waals surface area contributed by atoms with E-state index >= 15 is 0 Å². The van der Waals surface area contributed by atoms with Gasteiger partial charge < -0.3 is 15.5 Å². The van der Waals surface area contributed by atoms with Crippen LogP contribution in [0, 0.1) is 0 Å². The van der Waals surface area contributed by atoms with Gasteiger partial charge in [0, 0.05) is 36.1 Å². The summed E-state index contributed by atoms with van der Waals surface area (Å²) in [5.41, 5.74) is 2.29. The van der Waals surface area contributed by atoms with Crippen LogP contribution in [0.1, 0.15) is 12.8 Å². The predicted octanol–water partition coefficient (Wildman–Crippen LogP) is 3.00. The minimum atomic E-state index is -3.53. The maximum absolute atomic E-state index is 12.0. The molecule has 1 saturated heterocycles. The van der Waals surface area contributed by atoms with Gasteiger partial charge in [0.2, 0.25) is 15.9 Å². The minimum absolute atomic E-state index is 0.152. The Hall–Kier alpha value is -3.50. The average molecular weight is 439 g/mol. The van der Waals surface area contributed by atoms with Gasteiger partial charge in [0.1, 0.15) is 18.0 Å². The number of nitrogens with zero attached hydrogens (tertiary/aromatic N) is 3. The second-order valence-corrected chi connectivity index (χ2v) is 8.86. The number of rotatable bonds is 7. The van der Waals surface area contributed by atoms with Gasteiger partial charge in [-0.05, 0) is 55.9 Å². The standard InChI is InChI=1S/C21H22N6O3S/c1-22-31(29,30)18-5-2-4-16(12-18)26-20-13-19(23-14-24-20)25-15-7-9-17(10-8-15)27-11-3-6-21(27)28/h2,4-5,7-10,12-14,22H,3,6,11H2,1H3,(H2,23,24,25,26). The topological polar surface area (TPSA) is 116 Å². The largest absolute Gasteiger partial charge is 0.340 e. The van der Waals surface area contributed by atoms with Crippen LogP contribution in [-0.4, -0.2) is 37.9 Å². The fourth-order valence-electron chi connectivity index (χ4n) is 3.29. The molecule has 4 rings (SSSR count). The van der Waals surface area contributed by atoms with Crippen LogP contribution in [0.15, 0.2) is 65.8 Å². The Balaban J connectivity index is 1.47. The summed E-state index contributed by atoms with van der Waals surface area (Å²) >= 11 is 0. The summed E-state index contributed by atoms with van der Waals surface area (Å²) in [6.45, 7) is 0.753. The first-order chi connectivity index (χ1) is 14.9. The molecule has 31 heavy (non-hydrogen) atoms. The molecule has 1 aromatic heterocycles. The normalized spacial score (nSPS) is 14.0. The minimum Gasteiger partial charge on any atom is -0.340 e. The number of hydrogen-bond acceptors (Lipinski definition) is 7. The molecule has 160 valence electrons. The molecule has 0 aliphatic carbocycles. The first kappa shape index (κ1) is 20.8. The highest BCUT2D eigenvalue weighted by atomic mass is 32.2. The SMILES string of the molecule is CNS(=O)(=O)c1cccc(Nc2cc(Nc3ccc(N4CCCC4=O)cc3)ncn2)c1. The van der Waals surface area contributed by atoms with Crippen molar-refractivity contribution in [3.8, 4) is 0 Å². The Labute approximate surface area is 180 Å². The Kier molecular flexibility index (Phi) is 5.83. The second kappa shape index (κ2) is 8.70. The number of nitrogens with one attached hydrogen (secondary N) is 3. The molecule has 1 amide bonds. The molecular formula is C21H22N6O3S. The van der Waals surface area contributed by atoms with Gasteiger partial charge in [-0.15, -0.1) is 0 Å². The van der Waals surface area contributed by atoms with Crippen LogP contribution in [0.4, 0.5) is 28.7 Å². The van der Waals surface area contributed by atoms with E-state index < -0.39 is 10.0 Å². The molecule has 2 heterocycles. The molecule has 0 bridgehead atoms. The van der Waals surface area contributed by atoms with E-state index in [0.717, 1.165) is 24.3 Å². The lowest BCUT2D eigenvalue weighted by atomic mass is 10.2. The van der Waals surface area contributed by atoms with E-state index in [-0.39, 0.29) is 10.8 Å². The number of anilines is 5. The maximum atomic E-state index is 12.0. The summed E-state index contributed by atoms with van der Waals surface area (Å²) in [6, 6.07) is 15.8. The summed E-state index contributed by atoms with van der Waals surface area (Å²) in [5.74, 6) is 1.23. The molecule has 1 fully saturated rings. The highest BCUT2D eigenvalue weighted by Gasteiger charge is 2.21. The second-order valence-electron chi connectivity index (χ2n) is 6.97. The van der Waals surface area contributed by atoms with Crippen molar-refractivity contribution in [3.63, 3.8) is 0 Å². The van der Waals surface area contributed by atoms with Crippen LogP contribution in [0.3, 0.4) is 0 Å². The van der Waals surface area contributed by atoms with Crippen molar-refractivity contribution in [3.05, 3.63) is 60.9 Å². The average Bonchev–Trinajstić information content (AvgIpc) is 3.20. The van der Waals surface area contributed by atoms with Gasteiger partial charge in [-0.3, -0.25) is 4.79 Å². The molecule has 0 saturated carbocycles. The summed E-state index contributed by atoms with van der Waals surface area (Å²) in [5, 5.41) is 6.29. The molecule has 0 atom stereocenters. The van der Waals surface area contributed by atoms with Crippen LogP contribution in [0.25, 0.3) is 0 Å². The van der Waals surface area contributed by atoms with Gasteiger partial charge in [0.25, 0.3) is 0 Å². The van der Waals surface area contributed by atoms with Crippen LogP contribution in [0.2, 0.25) is 0 Å². The predicted molar refractivity (Wildman–Crippen MR) is 119 cm³/mol. The van der Waals surface area contributed by atoms with Crippen LogP contribution in [-0.2, 0) is 14.8 Å². The third kappa shape index (κ3) is 4.81. The number of amides is 1. The van der Waals surface area contributed by atoms with E-state index in [0.29, 0.717) is 23.7 Å². The lowest BCUT2D eigenvalue weighted by Crippen LogP contribution is -2.23. The Morgan fingerprint density at radius 2 is 1.65 bits per heavy atom. The lowest BCUT2D eigenvalue weighted by molar-refractivity contribution is -0.117. The molecule has 0 radical (unpaired) electrons. The first-order valence-electron chi connectivity index (χ1n) is 9.75. The van der Waals surface area contributed by atoms with Crippen molar-refractivity contribution in [1.82, 2.24) is 14.7 Å². The molecule has 3 aromatic rings. The Bertz CT molecular complexity index is 1200. The van der Waals surface area contributed by atoms with E-state index in [2.05, 4.69) is 25.3 Å². The van der Waals surface area contributed by atoms with Crippen molar-refractivity contribution < 1.29 is 13.2 Å². The quantitative estimate of drug-likeness (QED) is 0.519. The van der Waals surface area contributed by atoms with Gasteiger partial charge in [-0.25, -0.2) is 23.1 Å². The maximum Gasteiger partial charge on any atom is 0.240 e. The number of carbonyl (C=O) groups is 1. The van der Waals surface area contributed by atoms with E-state index in [1.807, 2.05) is 24.3 Å². The van der Waals surface area contributed by atoms with Gasteiger partial charge in [-0.2, -0.15) is 0 Å². The zero-order chi connectivity index (χ0) is 21.8. The molecule has 0 spiro atoms. The van der Waals surface area contributed by atoms with E-state index in [1.165, 1.54) is 25.5 Å². The summed E-state index contributed by atoms with van der Waals surface area (Å²) in [6.07, 6.45) is 2.90.